The van der Waals surface area contributed by atoms with Crippen molar-refractivity contribution in [1.29, 1.82) is 0 Å². The first kappa shape index (κ1) is 12.6. The molecule has 2 N–H and O–H groups in total. The number of amides is 1. The smallest absolute Gasteiger partial charge is 0.305 e. The van der Waals surface area contributed by atoms with Gasteiger partial charge in [0.25, 0.3) is 0 Å². The van der Waals surface area contributed by atoms with E-state index in [9.17, 15) is 9.59 Å². The molecule has 4 heteroatoms. The number of carboxylic acid groups (broad SMARTS) is 1. The third kappa shape index (κ3) is 3.09. The van der Waals surface area contributed by atoms with Gasteiger partial charge in [-0.25, -0.2) is 0 Å². The Morgan fingerprint density at radius 2 is 2.00 bits per heavy atom. The minimum Gasteiger partial charge on any atom is -0.481 e. The lowest BCUT2D eigenvalue weighted by atomic mass is 10.0. The van der Waals surface area contributed by atoms with Crippen molar-refractivity contribution in [1.82, 2.24) is 5.32 Å². The predicted octanol–water partition coefficient (Wildman–Crippen LogP) is 1.97. The Morgan fingerprint density at radius 1 is 1.39 bits per heavy atom. The number of nitrogens with one attached hydrogen (secondary N) is 1. The van der Waals surface area contributed by atoms with Gasteiger partial charge in [0, 0.05) is 5.92 Å². The molecule has 1 aromatic rings. The lowest BCUT2D eigenvalue weighted by molar-refractivity contribution is -0.137. The average molecular weight is 247 g/mol. The van der Waals surface area contributed by atoms with Crippen molar-refractivity contribution in [3.63, 3.8) is 0 Å². The zero-order chi connectivity index (χ0) is 13.1. The summed E-state index contributed by atoms with van der Waals surface area (Å²) in [5, 5.41) is 11.8. The van der Waals surface area contributed by atoms with Gasteiger partial charge < -0.3 is 10.4 Å². The Hall–Kier alpha value is -1.84. The van der Waals surface area contributed by atoms with Gasteiger partial charge in [-0.15, -0.1) is 0 Å². The molecule has 0 radical (unpaired) electrons. The second-order valence-electron chi connectivity index (χ2n) is 4.89. The summed E-state index contributed by atoms with van der Waals surface area (Å²) in [6.45, 7) is 2.03. The predicted molar refractivity (Wildman–Crippen MR) is 66.8 cm³/mol. The van der Waals surface area contributed by atoms with E-state index < -0.39 is 12.0 Å². The zero-order valence-electron chi connectivity index (χ0n) is 10.3. The van der Waals surface area contributed by atoms with Crippen LogP contribution in [-0.4, -0.2) is 17.0 Å². The van der Waals surface area contributed by atoms with Crippen molar-refractivity contribution in [2.24, 2.45) is 11.8 Å². The van der Waals surface area contributed by atoms with Gasteiger partial charge in [0.05, 0.1) is 12.5 Å². The number of rotatable bonds is 5. The fraction of sp³-hybridized carbons (Fsp3) is 0.429. The minimum absolute atomic E-state index is 0.0300. The third-order valence-electron chi connectivity index (χ3n) is 3.34. The third-order valence-corrected chi connectivity index (χ3v) is 3.34. The van der Waals surface area contributed by atoms with Gasteiger partial charge in [-0.3, -0.25) is 9.59 Å². The standard InChI is InChI=1S/C14H17NO3/c1-9-7-11(9)14(18)15-12(8-13(16)17)10-5-3-2-4-6-10/h2-6,9,11-12H,7-8H2,1H3,(H,15,18)(H,16,17)/t9-,11+,12+/m1/s1. The SMILES string of the molecule is C[C@@H]1C[C@@H]1C(=O)N[C@@H](CC(=O)O)c1ccccc1. The summed E-state index contributed by atoms with van der Waals surface area (Å²) in [5.41, 5.74) is 0.835. The van der Waals surface area contributed by atoms with E-state index in [0.29, 0.717) is 5.92 Å². The second kappa shape index (κ2) is 5.21. The summed E-state index contributed by atoms with van der Waals surface area (Å²) >= 11 is 0. The van der Waals surface area contributed by atoms with Gasteiger partial charge in [-0.2, -0.15) is 0 Å². The molecule has 0 spiro atoms. The van der Waals surface area contributed by atoms with Gasteiger partial charge in [0.15, 0.2) is 0 Å². The van der Waals surface area contributed by atoms with Gasteiger partial charge in [-0.05, 0) is 17.9 Å². The van der Waals surface area contributed by atoms with Crippen LogP contribution < -0.4 is 5.32 Å². The highest BCUT2D eigenvalue weighted by molar-refractivity contribution is 5.82. The molecule has 1 amide bonds. The molecule has 0 aliphatic heterocycles. The van der Waals surface area contributed by atoms with Crippen LogP contribution in [0.25, 0.3) is 0 Å². The molecule has 1 fully saturated rings. The maximum atomic E-state index is 11.9. The van der Waals surface area contributed by atoms with Crippen molar-refractivity contribution < 1.29 is 14.7 Å². The Kier molecular flexibility index (Phi) is 3.65. The van der Waals surface area contributed by atoms with E-state index in [4.69, 9.17) is 5.11 Å². The largest absolute Gasteiger partial charge is 0.481 e. The molecule has 2 rings (SSSR count). The highest BCUT2D eigenvalue weighted by Crippen LogP contribution is 2.38. The van der Waals surface area contributed by atoms with E-state index in [0.717, 1.165) is 12.0 Å². The van der Waals surface area contributed by atoms with Crippen molar-refractivity contribution in [2.75, 3.05) is 0 Å². The summed E-state index contributed by atoms with van der Waals surface area (Å²) in [7, 11) is 0. The van der Waals surface area contributed by atoms with Crippen LogP contribution in [-0.2, 0) is 9.59 Å². The average Bonchev–Trinajstić information content (AvgIpc) is 3.06. The molecule has 1 aliphatic rings. The van der Waals surface area contributed by atoms with Crippen molar-refractivity contribution >= 4 is 11.9 Å². The molecule has 0 bridgehead atoms. The van der Waals surface area contributed by atoms with E-state index in [2.05, 4.69) is 5.32 Å². The first-order valence-corrected chi connectivity index (χ1v) is 6.15. The van der Waals surface area contributed by atoms with E-state index in [1.54, 1.807) is 0 Å². The van der Waals surface area contributed by atoms with E-state index >= 15 is 0 Å². The van der Waals surface area contributed by atoms with Gasteiger partial charge in [-0.1, -0.05) is 37.3 Å². The maximum absolute atomic E-state index is 11.9. The van der Waals surface area contributed by atoms with Crippen LogP contribution in [0.4, 0.5) is 0 Å². The number of carbonyl (C=O) groups excluding carboxylic acids is 1. The molecule has 0 unspecified atom stereocenters. The molecule has 0 saturated heterocycles. The monoisotopic (exact) mass is 247 g/mol. The number of benzene rings is 1. The summed E-state index contributed by atoms with van der Waals surface area (Å²) < 4.78 is 0. The van der Waals surface area contributed by atoms with Crippen LogP contribution in [0.3, 0.4) is 0 Å². The summed E-state index contributed by atoms with van der Waals surface area (Å²) in [4.78, 5) is 22.7. The first-order chi connectivity index (χ1) is 8.58. The van der Waals surface area contributed by atoms with Crippen LogP contribution in [0.5, 0.6) is 0 Å². The van der Waals surface area contributed by atoms with Crippen LogP contribution >= 0.6 is 0 Å². The second-order valence-corrected chi connectivity index (χ2v) is 4.89. The Labute approximate surface area is 106 Å². The number of carboxylic acids is 1. The van der Waals surface area contributed by atoms with Crippen molar-refractivity contribution in [3.05, 3.63) is 35.9 Å². The maximum Gasteiger partial charge on any atom is 0.305 e. The molecule has 0 aromatic heterocycles. The Bertz CT molecular complexity index is 444. The van der Waals surface area contributed by atoms with E-state index in [1.807, 2.05) is 37.3 Å². The Morgan fingerprint density at radius 3 is 2.50 bits per heavy atom. The zero-order valence-corrected chi connectivity index (χ0v) is 10.3. The number of carbonyl (C=O) groups is 2. The normalized spacial score (nSPS) is 23.2. The highest BCUT2D eigenvalue weighted by atomic mass is 16.4. The number of aliphatic carboxylic acids is 1. The molecular formula is C14H17NO3. The lowest BCUT2D eigenvalue weighted by Crippen LogP contribution is -2.31. The summed E-state index contributed by atoms with van der Waals surface area (Å²) in [6, 6.07) is 8.79. The van der Waals surface area contributed by atoms with Gasteiger partial charge in [0.2, 0.25) is 5.91 Å². The van der Waals surface area contributed by atoms with Gasteiger partial charge >= 0.3 is 5.97 Å². The summed E-state index contributed by atoms with van der Waals surface area (Å²) in [5.74, 6) is -0.457. The van der Waals surface area contributed by atoms with Crippen LogP contribution in [0.1, 0.15) is 31.4 Å². The number of hydrogen-bond acceptors (Lipinski definition) is 2. The van der Waals surface area contributed by atoms with Crippen LogP contribution in [0, 0.1) is 11.8 Å². The van der Waals surface area contributed by atoms with Gasteiger partial charge in [0.1, 0.15) is 0 Å². The molecule has 3 atom stereocenters. The minimum atomic E-state index is -0.909. The van der Waals surface area contributed by atoms with E-state index in [1.165, 1.54) is 0 Å². The molecule has 18 heavy (non-hydrogen) atoms. The fourth-order valence-corrected chi connectivity index (χ4v) is 2.08. The molecule has 0 heterocycles. The molecule has 1 aromatic carbocycles. The van der Waals surface area contributed by atoms with E-state index in [-0.39, 0.29) is 18.2 Å². The molecular weight excluding hydrogens is 230 g/mol. The lowest BCUT2D eigenvalue weighted by Gasteiger charge is -2.17. The first-order valence-electron chi connectivity index (χ1n) is 6.15. The molecule has 1 aliphatic carbocycles. The highest BCUT2D eigenvalue weighted by Gasteiger charge is 2.39. The Balaban J connectivity index is 2.05. The fourth-order valence-electron chi connectivity index (χ4n) is 2.08. The van der Waals surface area contributed by atoms with Crippen molar-refractivity contribution in [2.45, 2.75) is 25.8 Å². The number of hydrogen-bond donors (Lipinski definition) is 2. The molecule has 4 nitrogen and oxygen atoms in total. The van der Waals surface area contributed by atoms with Crippen LogP contribution in [0.15, 0.2) is 30.3 Å². The quantitative estimate of drug-likeness (QED) is 0.836. The topological polar surface area (TPSA) is 66.4 Å². The summed E-state index contributed by atoms with van der Waals surface area (Å²) in [6.07, 6.45) is 0.817. The molecule has 1 saturated carbocycles. The van der Waals surface area contributed by atoms with Crippen LogP contribution in [0.2, 0.25) is 0 Å². The molecule has 96 valence electrons. The van der Waals surface area contributed by atoms with Crippen molar-refractivity contribution in [3.8, 4) is 0 Å².